The molecule has 2 aromatic heterocycles. The number of aromatic nitrogens is 3. The van der Waals surface area contributed by atoms with E-state index in [0.717, 1.165) is 33.2 Å². The van der Waals surface area contributed by atoms with Crippen molar-refractivity contribution in [1.82, 2.24) is 15.2 Å². The normalized spacial score (nSPS) is 10.8. The number of anilines is 1. The van der Waals surface area contributed by atoms with Gasteiger partial charge in [-0.25, -0.2) is 0 Å². The Bertz CT molecular complexity index is 1060. The molecular formula is C21H18N4O. The van der Waals surface area contributed by atoms with Crippen molar-refractivity contribution in [2.45, 2.75) is 13.3 Å². The van der Waals surface area contributed by atoms with Gasteiger partial charge in [0.05, 0.1) is 11.9 Å². The number of carbonyl (C=O) groups is 1. The van der Waals surface area contributed by atoms with Crippen molar-refractivity contribution >= 4 is 22.6 Å². The molecule has 26 heavy (non-hydrogen) atoms. The number of nitrogens with one attached hydrogen (secondary N) is 2. The summed E-state index contributed by atoms with van der Waals surface area (Å²) in [6.45, 7) is 2.06. The van der Waals surface area contributed by atoms with Crippen LogP contribution in [0.25, 0.3) is 22.0 Å². The van der Waals surface area contributed by atoms with Gasteiger partial charge in [-0.3, -0.25) is 14.9 Å². The largest absolute Gasteiger partial charge is 0.308 e. The van der Waals surface area contributed by atoms with E-state index in [0.29, 0.717) is 12.2 Å². The zero-order valence-corrected chi connectivity index (χ0v) is 14.4. The molecular weight excluding hydrogens is 324 g/mol. The summed E-state index contributed by atoms with van der Waals surface area (Å²) >= 11 is 0. The van der Waals surface area contributed by atoms with Crippen LogP contribution in [-0.4, -0.2) is 21.1 Å². The highest BCUT2D eigenvalue weighted by Crippen LogP contribution is 2.30. The predicted molar refractivity (Wildman–Crippen MR) is 103 cm³/mol. The molecule has 0 radical (unpaired) electrons. The van der Waals surface area contributed by atoms with Crippen LogP contribution in [0.2, 0.25) is 0 Å². The standard InChI is InChI=1S/C21H18N4O/c1-14-11-19-18(13-17(14)16-7-9-22-10-8-16)21(25-24-19)23-20(26)12-15-5-3-2-4-6-15/h2-11,13H,12H2,1H3,(H2,23,24,25,26). The smallest absolute Gasteiger partial charge is 0.230 e. The quantitative estimate of drug-likeness (QED) is 0.586. The third-order valence-corrected chi connectivity index (χ3v) is 4.36. The molecule has 0 aliphatic carbocycles. The van der Waals surface area contributed by atoms with Gasteiger partial charge in [0.2, 0.25) is 5.91 Å². The summed E-state index contributed by atoms with van der Waals surface area (Å²) in [5.74, 6) is 0.465. The number of nitrogens with zero attached hydrogens (tertiary/aromatic N) is 2. The van der Waals surface area contributed by atoms with Gasteiger partial charge >= 0.3 is 0 Å². The van der Waals surface area contributed by atoms with Gasteiger partial charge in [-0.15, -0.1) is 0 Å². The van der Waals surface area contributed by atoms with Crippen molar-refractivity contribution in [2.24, 2.45) is 0 Å². The maximum atomic E-state index is 12.4. The molecule has 4 rings (SSSR count). The van der Waals surface area contributed by atoms with Crippen molar-refractivity contribution < 1.29 is 4.79 Å². The van der Waals surface area contributed by atoms with Gasteiger partial charge in [-0.05, 0) is 53.4 Å². The topological polar surface area (TPSA) is 70.7 Å². The molecule has 128 valence electrons. The highest BCUT2D eigenvalue weighted by Gasteiger charge is 2.13. The zero-order chi connectivity index (χ0) is 17.9. The molecule has 0 atom stereocenters. The van der Waals surface area contributed by atoms with Crippen molar-refractivity contribution in [3.8, 4) is 11.1 Å². The lowest BCUT2D eigenvalue weighted by Gasteiger charge is -2.07. The number of carbonyl (C=O) groups excluding carboxylic acids is 1. The second-order valence-corrected chi connectivity index (χ2v) is 6.23. The van der Waals surface area contributed by atoms with Crippen LogP contribution in [0.15, 0.2) is 67.0 Å². The summed E-state index contributed by atoms with van der Waals surface area (Å²) in [4.78, 5) is 16.4. The summed E-state index contributed by atoms with van der Waals surface area (Å²) in [6.07, 6.45) is 3.87. The SMILES string of the molecule is Cc1cc2[nH]nc(NC(=O)Cc3ccccc3)c2cc1-c1ccncc1. The Morgan fingerprint density at radius 3 is 2.62 bits per heavy atom. The van der Waals surface area contributed by atoms with Crippen LogP contribution < -0.4 is 5.32 Å². The van der Waals surface area contributed by atoms with Crippen LogP contribution in [0.5, 0.6) is 0 Å². The Kier molecular flexibility index (Phi) is 4.19. The first-order chi connectivity index (χ1) is 12.7. The molecule has 1 amide bonds. The van der Waals surface area contributed by atoms with E-state index in [1.807, 2.05) is 48.5 Å². The Labute approximate surface area is 151 Å². The zero-order valence-electron chi connectivity index (χ0n) is 14.4. The molecule has 2 aromatic carbocycles. The van der Waals surface area contributed by atoms with Crippen molar-refractivity contribution in [3.05, 3.63) is 78.1 Å². The summed E-state index contributed by atoms with van der Waals surface area (Å²) in [5.41, 5.74) is 5.19. The van der Waals surface area contributed by atoms with E-state index in [2.05, 4.69) is 33.5 Å². The van der Waals surface area contributed by atoms with Crippen LogP contribution >= 0.6 is 0 Å². The number of aromatic amines is 1. The van der Waals surface area contributed by atoms with Crippen LogP contribution in [0.4, 0.5) is 5.82 Å². The molecule has 2 heterocycles. The van der Waals surface area contributed by atoms with E-state index >= 15 is 0 Å². The molecule has 0 saturated heterocycles. The van der Waals surface area contributed by atoms with E-state index in [9.17, 15) is 4.79 Å². The number of amides is 1. The second kappa shape index (κ2) is 6.80. The lowest BCUT2D eigenvalue weighted by molar-refractivity contribution is -0.115. The van der Waals surface area contributed by atoms with Crippen LogP contribution in [0, 0.1) is 6.92 Å². The molecule has 5 nitrogen and oxygen atoms in total. The monoisotopic (exact) mass is 342 g/mol. The summed E-state index contributed by atoms with van der Waals surface area (Å²) in [6, 6.07) is 17.7. The highest BCUT2D eigenvalue weighted by molar-refractivity contribution is 6.02. The van der Waals surface area contributed by atoms with Gasteiger partial charge in [-0.2, -0.15) is 5.10 Å². The minimum Gasteiger partial charge on any atom is -0.308 e. The number of H-pyrrole nitrogens is 1. The molecule has 0 aliphatic heterocycles. The van der Waals surface area contributed by atoms with Crippen molar-refractivity contribution in [3.63, 3.8) is 0 Å². The number of fused-ring (bicyclic) bond motifs is 1. The molecule has 2 N–H and O–H groups in total. The van der Waals surface area contributed by atoms with E-state index in [-0.39, 0.29) is 5.91 Å². The van der Waals surface area contributed by atoms with E-state index < -0.39 is 0 Å². The average molecular weight is 342 g/mol. The first-order valence-corrected chi connectivity index (χ1v) is 8.43. The summed E-state index contributed by atoms with van der Waals surface area (Å²) < 4.78 is 0. The van der Waals surface area contributed by atoms with Gasteiger partial charge < -0.3 is 5.32 Å². The first-order valence-electron chi connectivity index (χ1n) is 8.43. The number of rotatable bonds is 4. The first kappa shape index (κ1) is 16.0. The van der Waals surface area contributed by atoms with Crippen molar-refractivity contribution in [1.29, 1.82) is 0 Å². The van der Waals surface area contributed by atoms with E-state index in [4.69, 9.17) is 0 Å². The number of hydrogen-bond donors (Lipinski definition) is 2. The number of benzene rings is 2. The lowest BCUT2D eigenvalue weighted by Crippen LogP contribution is -2.14. The molecule has 0 unspecified atom stereocenters. The molecule has 0 fully saturated rings. The fourth-order valence-corrected chi connectivity index (χ4v) is 3.07. The average Bonchev–Trinajstić information content (AvgIpc) is 3.04. The Hall–Kier alpha value is -3.47. The minimum atomic E-state index is -0.0874. The molecule has 4 aromatic rings. The van der Waals surface area contributed by atoms with Crippen LogP contribution in [-0.2, 0) is 11.2 Å². The maximum absolute atomic E-state index is 12.4. The highest BCUT2D eigenvalue weighted by atomic mass is 16.1. The van der Waals surface area contributed by atoms with Gasteiger partial charge in [0, 0.05) is 17.8 Å². The van der Waals surface area contributed by atoms with Gasteiger partial charge in [0.15, 0.2) is 5.82 Å². The second-order valence-electron chi connectivity index (χ2n) is 6.23. The fourth-order valence-electron chi connectivity index (χ4n) is 3.07. The molecule has 0 bridgehead atoms. The third kappa shape index (κ3) is 3.19. The van der Waals surface area contributed by atoms with E-state index in [1.54, 1.807) is 12.4 Å². The van der Waals surface area contributed by atoms with Crippen LogP contribution in [0.1, 0.15) is 11.1 Å². The summed E-state index contributed by atoms with van der Waals surface area (Å²) in [7, 11) is 0. The minimum absolute atomic E-state index is 0.0874. The predicted octanol–water partition coefficient (Wildman–Crippen LogP) is 4.11. The Morgan fingerprint density at radius 1 is 1.08 bits per heavy atom. The molecule has 0 spiro atoms. The number of pyridine rings is 1. The third-order valence-electron chi connectivity index (χ3n) is 4.36. The maximum Gasteiger partial charge on any atom is 0.230 e. The lowest BCUT2D eigenvalue weighted by atomic mass is 9.99. The number of hydrogen-bond acceptors (Lipinski definition) is 3. The van der Waals surface area contributed by atoms with Gasteiger partial charge in [0.1, 0.15) is 0 Å². The summed E-state index contributed by atoms with van der Waals surface area (Å²) in [5, 5.41) is 11.1. The fraction of sp³-hybridized carbons (Fsp3) is 0.0952. The number of aryl methyl sites for hydroxylation is 1. The van der Waals surface area contributed by atoms with Crippen molar-refractivity contribution in [2.75, 3.05) is 5.32 Å². The Balaban J connectivity index is 1.65. The van der Waals surface area contributed by atoms with Gasteiger partial charge in [0.25, 0.3) is 0 Å². The van der Waals surface area contributed by atoms with Gasteiger partial charge in [-0.1, -0.05) is 30.3 Å². The molecule has 5 heteroatoms. The van der Waals surface area contributed by atoms with Crippen LogP contribution in [0.3, 0.4) is 0 Å². The van der Waals surface area contributed by atoms with E-state index in [1.165, 1.54) is 0 Å². The molecule has 0 aliphatic rings. The molecule has 0 saturated carbocycles. The Morgan fingerprint density at radius 2 is 1.85 bits per heavy atom.